The van der Waals surface area contributed by atoms with Crippen molar-refractivity contribution in [3.63, 3.8) is 0 Å². The third kappa shape index (κ3) is 3.45. The maximum atomic E-state index is 12.4. The lowest BCUT2D eigenvalue weighted by Crippen LogP contribution is -2.23. The lowest BCUT2D eigenvalue weighted by molar-refractivity contribution is -0.120. The second kappa shape index (κ2) is 6.99. The highest BCUT2D eigenvalue weighted by Gasteiger charge is 2.66. The van der Waals surface area contributed by atoms with Crippen molar-refractivity contribution < 1.29 is 4.79 Å². The Bertz CT molecular complexity index is 1010. The maximum Gasteiger partial charge on any atom is 0.244 e. The minimum Gasteiger partial charge on any atom is -0.273 e. The number of nitrogens with one attached hydrogen (secondary N) is 1. The van der Waals surface area contributed by atoms with Gasteiger partial charge in [-0.05, 0) is 28.3 Å². The van der Waals surface area contributed by atoms with Gasteiger partial charge in [0.1, 0.15) is 4.33 Å². The number of benzene rings is 3. The molecule has 1 atom stereocenters. The van der Waals surface area contributed by atoms with Crippen LogP contribution in [0.1, 0.15) is 17.5 Å². The van der Waals surface area contributed by atoms with Crippen molar-refractivity contribution in [2.75, 3.05) is 0 Å². The van der Waals surface area contributed by atoms with Crippen LogP contribution in [-0.2, 0) is 16.6 Å². The van der Waals surface area contributed by atoms with Crippen LogP contribution in [0.15, 0.2) is 77.9 Å². The van der Waals surface area contributed by atoms with Crippen LogP contribution >= 0.6 is 23.2 Å². The minimum atomic E-state index is -0.905. The van der Waals surface area contributed by atoms with Gasteiger partial charge < -0.3 is 0 Å². The van der Waals surface area contributed by atoms with Crippen molar-refractivity contribution in [3.8, 4) is 0 Å². The van der Waals surface area contributed by atoms with E-state index in [4.69, 9.17) is 23.2 Å². The van der Waals surface area contributed by atoms with E-state index in [1.165, 1.54) is 0 Å². The van der Waals surface area contributed by atoms with Gasteiger partial charge >= 0.3 is 0 Å². The third-order valence-electron chi connectivity index (χ3n) is 5.02. The van der Waals surface area contributed by atoms with E-state index >= 15 is 0 Å². The summed E-state index contributed by atoms with van der Waals surface area (Å²) in [7, 11) is 0. The molecule has 1 aliphatic carbocycles. The largest absolute Gasteiger partial charge is 0.273 e. The zero-order valence-electron chi connectivity index (χ0n) is 14.5. The molecular formula is C22H18Cl2N2O. The van der Waals surface area contributed by atoms with Crippen molar-refractivity contribution in [2.24, 2.45) is 5.10 Å². The number of hydrazone groups is 1. The molecule has 0 saturated heterocycles. The summed E-state index contributed by atoms with van der Waals surface area (Å²) in [6, 6.07) is 23.7. The van der Waals surface area contributed by atoms with Gasteiger partial charge in [0.25, 0.3) is 0 Å². The number of carbonyl (C=O) groups is 1. The molecule has 27 heavy (non-hydrogen) atoms. The molecule has 1 saturated carbocycles. The molecule has 1 unspecified atom stereocenters. The van der Waals surface area contributed by atoms with Crippen LogP contribution in [0.2, 0.25) is 0 Å². The minimum absolute atomic E-state index is 0.179. The fourth-order valence-corrected chi connectivity index (χ4v) is 4.18. The molecule has 0 spiro atoms. The van der Waals surface area contributed by atoms with Crippen molar-refractivity contribution in [1.29, 1.82) is 0 Å². The summed E-state index contributed by atoms with van der Waals surface area (Å²) in [5, 5.41) is 6.34. The fraction of sp³-hybridized carbons (Fsp3) is 0.182. The van der Waals surface area contributed by atoms with E-state index in [1.54, 1.807) is 6.21 Å². The van der Waals surface area contributed by atoms with Gasteiger partial charge in [0.2, 0.25) is 5.91 Å². The first-order valence-electron chi connectivity index (χ1n) is 8.75. The molecule has 3 aromatic rings. The van der Waals surface area contributed by atoms with Gasteiger partial charge in [-0.15, -0.1) is 23.2 Å². The zero-order valence-corrected chi connectivity index (χ0v) is 16.0. The maximum absolute atomic E-state index is 12.4. The van der Waals surface area contributed by atoms with E-state index < -0.39 is 9.75 Å². The molecule has 0 aromatic heterocycles. The van der Waals surface area contributed by atoms with E-state index in [9.17, 15) is 4.79 Å². The monoisotopic (exact) mass is 396 g/mol. The second-order valence-corrected chi connectivity index (χ2v) is 8.31. The van der Waals surface area contributed by atoms with Crippen LogP contribution < -0.4 is 5.43 Å². The van der Waals surface area contributed by atoms with Gasteiger partial charge in [0, 0.05) is 6.21 Å². The molecule has 0 heterocycles. The Kier molecular flexibility index (Phi) is 4.67. The standard InChI is InChI=1S/C22H18Cl2N2O/c23-22(24)14-21(22,18-10-2-1-3-11-18)15-25-26-20(27)13-17-9-6-8-16-7-4-5-12-19(16)17/h1-12,15H,13-14H2,(H,26,27)/b25-15+. The first-order chi connectivity index (χ1) is 13.0. The summed E-state index contributed by atoms with van der Waals surface area (Å²) in [6.07, 6.45) is 2.48. The van der Waals surface area contributed by atoms with Gasteiger partial charge in [0.15, 0.2) is 0 Å². The predicted octanol–water partition coefficient (Wildman–Crippen LogP) is 5.00. The van der Waals surface area contributed by atoms with Crippen molar-refractivity contribution >= 4 is 46.1 Å². The van der Waals surface area contributed by atoms with Crippen LogP contribution in [0, 0.1) is 0 Å². The Balaban J connectivity index is 1.47. The van der Waals surface area contributed by atoms with Crippen LogP contribution in [0.5, 0.6) is 0 Å². The summed E-state index contributed by atoms with van der Waals surface area (Å²) in [5.74, 6) is -0.179. The molecule has 4 rings (SSSR count). The first-order valence-corrected chi connectivity index (χ1v) is 9.50. The molecule has 1 fully saturated rings. The summed E-state index contributed by atoms with van der Waals surface area (Å²) in [6.45, 7) is 0. The number of rotatable bonds is 5. The molecule has 1 aliphatic rings. The van der Waals surface area contributed by atoms with E-state index in [2.05, 4.69) is 10.5 Å². The summed E-state index contributed by atoms with van der Waals surface area (Å²) >= 11 is 12.7. The molecule has 0 aliphatic heterocycles. The average molecular weight is 397 g/mol. The van der Waals surface area contributed by atoms with Crippen LogP contribution in [0.4, 0.5) is 0 Å². The zero-order chi connectivity index (χ0) is 18.9. The Morgan fingerprint density at radius 1 is 1.00 bits per heavy atom. The highest BCUT2D eigenvalue weighted by molar-refractivity contribution is 6.53. The third-order valence-corrected chi connectivity index (χ3v) is 5.96. The highest BCUT2D eigenvalue weighted by Crippen LogP contribution is 2.63. The Hall–Kier alpha value is -2.36. The van der Waals surface area contributed by atoms with Gasteiger partial charge in [-0.3, -0.25) is 4.79 Å². The van der Waals surface area contributed by atoms with E-state index in [0.717, 1.165) is 21.9 Å². The number of alkyl halides is 2. The quantitative estimate of drug-likeness (QED) is 0.368. The molecule has 0 bridgehead atoms. The van der Waals surface area contributed by atoms with Crippen molar-refractivity contribution in [2.45, 2.75) is 22.6 Å². The molecular weight excluding hydrogens is 379 g/mol. The number of carbonyl (C=O) groups excluding carboxylic acids is 1. The first kappa shape index (κ1) is 18.0. The Morgan fingerprint density at radius 3 is 2.41 bits per heavy atom. The summed E-state index contributed by atoms with van der Waals surface area (Å²) < 4.78 is -0.905. The number of hydrogen-bond acceptors (Lipinski definition) is 2. The smallest absolute Gasteiger partial charge is 0.244 e. The number of fused-ring (bicyclic) bond motifs is 1. The second-order valence-electron chi connectivity index (χ2n) is 6.83. The Morgan fingerprint density at radius 2 is 1.67 bits per heavy atom. The van der Waals surface area contributed by atoms with E-state index in [1.807, 2.05) is 72.8 Å². The summed E-state index contributed by atoms with van der Waals surface area (Å²) in [5.41, 5.74) is 4.00. The summed E-state index contributed by atoms with van der Waals surface area (Å²) in [4.78, 5) is 12.4. The van der Waals surface area contributed by atoms with Gasteiger partial charge in [0.05, 0.1) is 11.8 Å². The van der Waals surface area contributed by atoms with Crippen LogP contribution in [0.25, 0.3) is 10.8 Å². The van der Waals surface area contributed by atoms with E-state index in [-0.39, 0.29) is 12.3 Å². The highest BCUT2D eigenvalue weighted by atomic mass is 35.5. The average Bonchev–Trinajstić information content (AvgIpc) is 3.25. The molecule has 0 radical (unpaired) electrons. The number of amides is 1. The van der Waals surface area contributed by atoms with E-state index in [0.29, 0.717) is 6.42 Å². The van der Waals surface area contributed by atoms with Gasteiger partial charge in [-0.25, -0.2) is 5.43 Å². The molecule has 136 valence electrons. The lowest BCUT2D eigenvalue weighted by Gasteiger charge is -2.13. The topological polar surface area (TPSA) is 41.5 Å². The normalized spacial score (nSPS) is 20.7. The molecule has 5 heteroatoms. The predicted molar refractivity (Wildman–Crippen MR) is 111 cm³/mol. The molecule has 3 aromatic carbocycles. The number of nitrogens with zero attached hydrogens (tertiary/aromatic N) is 1. The fourth-order valence-electron chi connectivity index (χ4n) is 3.44. The van der Waals surface area contributed by atoms with Crippen LogP contribution in [0.3, 0.4) is 0 Å². The molecule has 3 nitrogen and oxygen atoms in total. The van der Waals surface area contributed by atoms with Gasteiger partial charge in [-0.1, -0.05) is 72.8 Å². The lowest BCUT2D eigenvalue weighted by atomic mass is 9.97. The number of hydrogen-bond donors (Lipinski definition) is 1. The molecule has 1 N–H and O–H groups in total. The Labute approximate surface area is 168 Å². The van der Waals surface area contributed by atoms with Crippen LogP contribution in [-0.4, -0.2) is 16.5 Å². The SMILES string of the molecule is O=C(Cc1cccc2ccccc12)N/N=C/C1(c2ccccc2)CC1(Cl)Cl. The molecule has 1 amide bonds. The number of halogens is 2. The van der Waals surface area contributed by atoms with Crippen molar-refractivity contribution in [3.05, 3.63) is 83.9 Å². The van der Waals surface area contributed by atoms with Crippen molar-refractivity contribution in [1.82, 2.24) is 5.43 Å². The van der Waals surface area contributed by atoms with Gasteiger partial charge in [-0.2, -0.15) is 5.10 Å².